The van der Waals surface area contributed by atoms with E-state index in [9.17, 15) is 9.59 Å². The minimum atomic E-state index is -0.389. The average molecular weight is 379 g/mol. The molecule has 7 heteroatoms. The summed E-state index contributed by atoms with van der Waals surface area (Å²) in [6, 6.07) is 13.0. The number of rotatable bonds is 4. The van der Waals surface area contributed by atoms with Crippen molar-refractivity contribution in [2.24, 2.45) is 7.05 Å². The first-order valence-corrected chi connectivity index (χ1v) is 9.28. The van der Waals surface area contributed by atoms with Gasteiger partial charge in [0.25, 0.3) is 5.91 Å². The quantitative estimate of drug-likeness (QED) is 0.589. The molecule has 0 atom stereocenters. The predicted molar refractivity (Wildman–Crippen MR) is 105 cm³/mol. The van der Waals surface area contributed by atoms with Crippen LogP contribution in [0.15, 0.2) is 57.1 Å². The fraction of sp³-hybridized carbons (Fsp3) is 0.150. The Morgan fingerprint density at radius 3 is 2.93 bits per heavy atom. The van der Waals surface area contributed by atoms with Crippen LogP contribution in [0, 0.1) is 6.92 Å². The topological polar surface area (TPSA) is 77.1 Å². The summed E-state index contributed by atoms with van der Waals surface area (Å²) < 4.78 is 6.70. The molecular formula is C20H17N3O3S. The summed E-state index contributed by atoms with van der Waals surface area (Å²) in [6.45, 7) is 2.32. The number of fused-ring (bicyclic) bond motifs is 1. The minimum absolute atomic E-state index is 0.122. The number of hydrogen-bond acceptors (Lipinski definition) is 5. The molecule has 2 aromatic carbocycles. The zero-order valence-corrected chi connectivity index (χ0v) is 15.7. The van der Waals surface area contributed by atoms with E-state index in [2.05, 4.69) is 10.3 Å². The number of carbonyl (C=O) groups is 1. The van der Waals surface area contributed by atoms with Crippen LogP contribution in [0.3, 0.4) is 0 Å². The molecule has 4 aromatic rings. The molecule has 4 rings (SSSR count). The van der Waals surface area contributed by atoms with Gasteiger partial charge in [0.15, 0.2) is 5.58 Å². The van der Waals surface area contributed by atoms with Crippen LogP contribution in [-0.4, -0.2) is 15.5 Å². The second kappa shape index (κ2) is 6.85. The lowest BCUT2D eigenvalue weighted by atomic mass is 10.1. The summed E-state index contributed by atoms with van der Waals surface area (Å²) in [5.74, 6) is -0.511. The third kappa shape index (κ3) is 3.41. The van der Waals surface area contributed by atoms with Gasteiger partial charge in [0.2, 0.25) is 0 Å². The Bertz CT molecular complexity index is 1200. The Kier molecular flexibility index (Phi) is 4.37. The summed E-state index contributed by atoms with van der Waals surface area (Å²) >= 11 is 1.48. The number of nitrogens with one attached hydrogen (secondary N) is 1. The van der Waals surface area contributed by atoms with E-state index >= 15 is 0 Å². The van der Waals surface area contributed by atoms with E-state index in [1.165, 1.54) is 15.9 Å². The highest BCUT2D eigenvalue weighted by atomic mass is 32.1. The lowest BCUT2D eigenvalue weighted by Gasteiger charge is -2.04. The van der Waals surface area contributed by atoms with Gasteiger partial charge in [-0.15, -0.1) is 11.3 Å². The summed E-state index contributed by atoms with van der Waals surface area (Å²) in [6.07, 6.45) is 0. The molecular weight excluding hydrogens is 362 g/mol. The summed E-state index contributed by atoms with van der Waals surface area (Å²) in [5, 5.41) is 5.63. The monoisotopic (exact) mass is 379 g/mol. The fourth-order valence-corrected chi connectivity index (χ4v) is 3.61. The molecule has 1 N–H and O–H groups in total. The molecule has 0 fully saturated rings. The van der Waals surface area contributed by atoms with E-state index in [1.54, 1.807) is 19.2 Å². The largest absolute Gasteiger partial charge is 0.419 e. The van der Waals surface area contributed by atoms with Crippen molar-refractivity contribution in [2.45, 2.75) is 13.5 Å². The number of benzene rings is 2. The first-order chi connectivity index (χ1) is 13.0. The van der Waals surface area contributed by atoms with Gasteiger partial charge in [0, 0.05) is 23.6 Å². The van der Waals surface area contributed by atoms with Gasteiger partial charge in [-0.2, -0.15) is 0 Å². The van der Waals surface area contributed by atoms with Crippen molar-refractivity contribution in [3.05, 3.63) is 74.5 Å². The maximum atomic E-state index is 12.2. The van der Waals surface area contributed by atoms with Crippen LogP contribution in [0.2, 0.25) is 0 Å². The van der Waals surface area contributed by atoms with Gasteiger partial charge in [-0.05, 0) is 31.2 Å². The molecule has 0 radical (unpaired) electrons. The van der Waals surface area contributed by atoms with E-state index in [1.807, 2.05) is 42.6 Å². The van der Waals surface area contributed by atoms with E-state index in [0.717, 1.165) is 27.3 Å². The molecule has 0 aliphatic heterocycles. The summed E-state index contributed by atoms with van der Waals surface area (Å²) in [4.78, 5) is 28.4. The van der Waals surface area contributed by atoms with E-state index < -0.39 is 0 Å². The maximum Gasteiger partial charge on any atom is 0.419 e. The molecule has 0 saturated carbocycles. The van der Waals surface area contributed by atoms with Crippen LogP contribution in [0.1, 0.15) is 20.9 Å². The smallest absolute Gasteiger partial charge is 0.408 e. The minimum Gasteiger partial charge on any atom is -0.408 e. The SMILES string of the molecule is Cc1cccc(C(=O)NCc2nc(-c3ccc4c(c3)oc(=O)n4C)cs2)c1. The fourth-order valence-electron chi connectivity index (χ4n) is 2.86. The van der Waals surface area contributed by atoms with E-state index in [-0.39, 0.29) is 11.7 Å². The first-order valence-electron chi connectivity index (χ1n) is 8.40. The number of carbonyl (C=O) groups excluding carboxylic acids is 1. The second-order valence-electron chi connectivity index (χ2n) is 6.29. The molecule has 0 spiro atoms. The van der Waals surface area contributed by atoms with Crippen LogP contribution in [0.4, 0.5) is 0 Å². The van der Waals surface area contributed by atoms with Crippen molar-refractivity contribution in [3.63, 3.8) is 0 Å². The van der Waals surface area contributed by atoms with Gasteiger partial charge in [-0.1, -0.05) is 23.8 Å². The number of amides is 1. The predicted octanol–water partition coefficient (Wildman–Crippen LogP) is 3.49. The molecule has 2 heterocycles. The van der Waals surface area contributed by atoms with Crippen LogP contribution in [0.25, 0.3) is 22.4 Å². The average Bonchev–Trinajstić information content (AvgIpc) is 3.24. The van der Waals surface area contributed by atoms with Crippen LogP contribution in [0.5, 0.6) is 0 Å². The normalized spacial score (nSPS) is 11.0. The van der Waals surface area contributed by atoms with Crippen molar-refractivity contribution in [1.82, 2.24) is 14.9 Å². The van der Waals surface area contributed by atoms with Crippen molar-refractivity contribution >= 4 is 28.3 Å². The molecule has 0 aliphatic carbocycles. The number of nitrogens with zero attached hydrogens (tertiary/aromatic N) is 2. The zero-order chi connectivity index (χ0) is 19.0. The Morgan fingerprint density at radius 1 is 1.26 bits per heavy atom. The molecule has 136 valence electrons. The van der Waals surface area contributed by atoms with Gasteiger partial charge in [0.05, 0.1) is 17.8 Å². The maximum absolute atomic E-state index is 12.2. The summed E-state index contributed by atoms with van der Waals surface area (Å²) in [5.41, 5.74) is 4.60. The highest BCUT2D eigenvalue weighted by Crippen LogP contribution is 2.25. The van der Waals surface area contributed by atoms with Crippen molar-refractivity contribution in [2.75, 3.05) is 0 Å². The highest BCUT2D eigenvalue weighted by Gasteiger charge is 2.11. The Balaban J connectivity index is 1.50. The van der Waals surface area contributed by atoms with Crippen LogP contribution >= 0.6 is 11.3 Å². The lowest BCUT2D eigenvalue weighted by molar-refractivity contribution is 0.0951. The number of aromatic nitrogens is 2. The van der Waals surface area contributed by atoms with Crippen LogP contribution in [-0.2, 0) is 13.6 Å². The van der Waals surface area contributed by atoms with Gasteiger partial charge in [0.1, 0.15) is 5.01 Å². The van der Waals surface area contributed by atoms with Crippen molar-refractivity contribution in [3.8, 4) is 11.3 Å². The number of aryl methyl sites for hydroxylation is 2. The third-order valence-electron chi connectivity index (χ3n) is 4.32. The molecule has 0 saturated heterocycles. The Labute approximate surface area is 159 Å². The lowest BCUT2D eigenvalue weighted by Crippen LogP contribution is -2.22. The van der Waals surface area contributed by atoms with Crippen molar-refractivity contribution in [1.29, 1.82) is 0 Å². The molecule has 0 aliphatic rings. The summed E-state index contributed by atoms with van der Waals surface area (Å²) in [7, 11) is 1.67. The second-order valence-corrected chi connectivity index (χ2v) is 7.23. The van der Waals surface area contributed by atoms with Crippen LogP contribution < -0.4 is 11.1 Å². The van der Waals surface area contributed by atoms with Gasteiger partial charge in [-0.3, -0.25) is 9.36 Å². The van der Waals surface area contributed by atoms with E-state index in [0.29, 0.717) is 17.7 Å². The third-order valence-corrected chi connectivity index (χ3v) is 5.17. The molecule has 0 bridgehead atoms. The standard InChI is InChI=1S/C20H17N3O3S/c1-12-4-3-5-14(8-12)19(24)21-10-18-22-15(11-27-18)13-6-7-16-17(9-13)26-20(25)23(16)2/h3-9,11H,10H2,1-2H3,(H,21,24). The van der Waals surface area contributed by atoms with Gasteiger partial charge < -0.3 is 9.73 Å². The van der Waals surface area contributed by atoms with Gasteiger partial charge >= 0.3 is 5.76 Å². The molecule has 1 amide bonds. The molecule has 0 unspecified atom stereocenters. The number of hydrogen-bond donors (Lipinski definition) is 1. The van der Waals surface area contributed by atoms with E-state index in [4.69, 9.17) is 4.42 Å². The molecule has 2 aromatic heterocycles. The Hall–Kier alpha value is -3.19. The molecule has 27 heavy (non-hydrogen) atoms. The number of thiazole rings is 1. The Morgan fingerprint density at radius 2 is 2.11 bits per heavy atom. The van der Waals surface area contributed by atoms with Crippen molar-refractivity contribution < 1.29 is 9.21 Å². The van der Waals surface area contributed by atoms with Gasteiger partial charge in [-0.25, -0.2) is 9.78 Å². The zero-order valence-electron chi connectivity index (χ0n) is 14.9. The number of oxazole rings is 1. The first kappa shape index (κ1) is 17.2. The molecule has 6 nitrogen and oxygen atoms in total. The highest BCUT2D eigenvalue weighted by molar-refractivity contribution is 7.09.